The quantitative estimate of drug-likeness (QED) is 0.327. The van der Waals surface area contributed by atoms with Crippen LogP contribution in [0, 0.1) is 5.92 Å². The molecule has 3 heterocycles. The topological polar surface area (TPSA) is 108 Å². The highest BCUT2D eigenvalue weighted by atomic mass is 16.5. The SMILES string of the molecule is CC(C)c1ccc(-c2ccc(Oc3cc(C(=O)NC4CCN(C5CCC[C@@H]5O)CC4)ccc3CN3C[C@@H](C)CC3=O)cc2)nn1. The van der Waals surface area contributed by atoms with Crippen molar-refractivity contribution in [3.63, 3.8) is 0 Å². The molecule has 1 aromatic heterocycles. The molecule has 9 heteroatoms. The monoisotopic (exact) mass is 611 g/mol. The summed E-state index contributed by atoms with van der Waals surface area (Å²) in [5.41, 5.74) is 4.06. The van der Waals surface area contributed by atoms with Gasteiger partial charge in [0.1, 0.15) is 11.5 Å². The molecule has 0 bridgehead atoms. The van der Waals surface area contributed by atoms with Crippen molar-refractivity contribution in [1.29, 1.82) is 0 Å². The van der Waals surface area contributed by atoms with Gasteiger partial charge in [0.2, 0.25) is 5.91 Å². The summed E-state index contributed by atoms with van der Waals surface area (Å²) in [4.78, 5) is 30.3. The van der Waals surface area contributed by atoms with Crippen molar-refractivity contribution >= 4 is 11.8 Å². The molecule has 2 aliphatic heterocycles. The first-order chi connectivity index (χ1) is 21.7. The molecule has 3 fully saturated rings. The van der Waals surface area contributed by atoms with Gasteiger partial charge in [0, 0.05) is 61.4 Å². The Balaban J connectivity index is 1.16. The molecule has 0 radical (unpaired) electrons. The minimum atomic E-state index is -0.228. The molecular formula is C36H45N5O4. The number of nitrogens with one attached hydrogen (secondary N) is 1. The van der Waals surface area contributed by atoms with E-state index in [2.05, 4.69) is 41.2 Å². The van der Waals surface area contributed by atoms with Crippen LogP contribution >= 0.6 is 0 Å². The second kappa shape index (κ2) is 13.7. The summed E-state index contributed by atoms with van der Waals surface area (Å²) in [6.45, 7) is 9.18. The van der Waals surface area contributed by atoms with E-state index in [1.54, 1.807) is 6.07 Å². The van der Waals surface area contributed by atoms with Crippen LogP contribution in [-0.2, 0) is 11.3 Å². The Morgan fingerprint density at radius 1 is 1.02 bits per heavy atom. The van der Waals surface area contributed by atoms with Crippen LogP contribution in [0.15, 0.2) is 54.6 Å². The molecule has 45 heavy (non-hydrogen) atoms. The van der Waals surface area contributed by atoms with Crippen molar-refractivity contribution in [2.45, 2.75) is 89.9 Å². The van der Waals surface area contributed by atoms with Crippen LogP contribution in [-0.4, -0.2) is 74.7 Å². The number of likely N-dealkylation sites (tertiary alicyclic amines) is 2. The molecule has 2 N–H and O–H groups in total. The number of amides is 2. The summed E-state index contributed by atoms with van der Waals surface area (Å²) in [5.74, 6) is 1.84. The number of ether oxygens (including phenoxy) is 1. The Morgan fingerprint density at radius 3 is 2.42 bits per heavy atom. The van der Waals surface area contributed by atoms with E-state index in [4.69, 9.17) is 4.74 Å². The van der Waals surface area contributed by atoms with Gasteiger partial charge in [-0.25, -0.2) is 0 Å². The third kappa shape index (κ3) is 7.36. The molecule has 1 aliphatic carbocycles. The van der Waals surface area contributed by atoms with E-state index in [1.165, 1.54) is 0 Å². The Hall–Kier alpha value is -3.82. The summed E-state index contributed by atoms with van der Waals surface area (Å²) in [5, 5.41) is 22.3. The Kier molecular flexibility index (Phi) is 9.47. The highest BCUT2D eigenvalue weighted by molar-refractivity contribution is 5.95. The van der Waals surface area contributed by atoms with Crippen molar-refractivity contribution < 1.29 is 19.4 Å². The number of nitrogens with zero attached hydrogens (tertiary/aromatic N) is 4. The first-order valence-electron chi connectivity index (χ1n) is 16.5. The molecule has 3 aromatic rings. The van der Waals surface area contributed by atoms with E-state index in [0.29, 0.717) is 48.4 Å². The van der Waals surface area contributed by atoms with Gasteiger partial charge in [-0.05, 0) is 92.5 Å². The fraction of sp³-hybridized carbons (Fsp3) is 0.500. The van der Waals surface area contributed by atoms with Crippen LogP contribution in [0.1, 0.15) is 86.8 Å². The number of aromatic nitrogens is 2. The predicted molar refractivity (Wildman–Crippen MR) is 173 cm³/mol. The van der Waals surface area contributed by atoms with Crippen molar-refractivity contribution in [1.82, 2.24) is 25.3 Å². The average Bonchev–Trinajstić information content (AvgIpc) is 3.61. The molecule has 0 spiro atoms. The molecule has 9 nitrogen and oxygen atoms in total. The summed E-state index contributed by atoms with van der Waals surface area (Å²) >= 11 is 0. The maximum Gasteiger partial charge on any atom is 0.251 e. The summed E-state index contributed by atoms with van der Waals surface area (Å²) in [6, 6.07) is 17.5. The zero-order valence-corrected chi connectivity index (χ0v) is 26.6. The fourth-order valence-corrected chi connectivity index (χ4v) is 6.87. The Bertz CT molecular complexity index is 1480. The van der Waals surface area contributed by atoms with Gasteiger partial charge in [-0.1, -0.05) is 26.8 Å². The lowest BCUT2D eigenvalue weighted by Gasteiger charge is -2.37. The number of hydrogen-bond donors (Lipinski definition) is 2. The number of carbonyl (C=O) groups excluding carboxylic acids is 2. The second-order valence-corrected chi connectivity index (χ2v) is 13.4. The number of piperidine rings is 1. The van der Waals surface area contributed by atoms with E-state index in [0.717, 1.165) is 67.7 Å². The molecule has 3 atom stereocenters. The maximum absolute atomic E-state index is 13.4. The van der Waals surface area contributed by atoms with Crippen molar-refractivity contribution in [2.24, 2.45) is 5.92 Å². The van der Waals surface area contributed by atoms with Gasteiger partial charge in [-0.2, -0.15) is 10.2 Å². The number of aliphatic hydroxyl groups is 1. The number of hydrogen-bond acceptors (Lipinski definition) is 7. The Morgan fingerprint density at radius 2 is 1.80 bits per heavy atom. The molecule has 2 amide bonds. The zero-order chi connectivity index (χ0) is 31.5. The molecule has 1 unspecified atom stereocenters. The van der Waals surface area contributed by atoms with Gasteiger partial charge in [0.15, 0.2) is 0 Å². The number of carbonyl (C=O) groups is 2. The fourth-order valence-electron chi connectivity index (χ4n) is 6.87. The lowest BCUT2D eigenvalue weighted by Crippen LogP contribution is -2.49. The van der Waals surface area contributed by atoms with Crippen molar-refractivity contribution in [2.75, 3.05) is 19.6 Å². The van der Waals surface area contributed by atoms with E-state index in [9.17, 15) is 14.7 Å². The smallest absolute Gasteiger partial charge is 0.251 e. The molecule has 2 saturated heterocycles. The third-order valence-corrected chi connectivity index (χ3v) is 9.53. The number of rotatable bonds is 9. The third-order valence-electron chi connectivity index (χ3n) is 9.53. The van der Waals surface area contributed by atoms with Crippen molar-refractivity contribution in [3.05, 3.63) is 71.4 Å². The van der Waals surface area contributed by atoms with Gasteiger partial charge < -0.3 is 20.1 Å². The molecule has 238 valence electrons. The van der Waals surface area contributed by atoms with E-state index in [1.807, 2.05) is 53.4 Å². The highest BCUT2D eigenvalue weighted by Crippen LogP contribution is 2.32. The molecule has 2 aromatic carbocycles. The first kappa shape index (κ1) is 31.2. The van der Waals surface area contributed by atoms with E-state index >= 15 is 0 Å². The van der Waals surface area contributed by atoms with Crippen LogP contribution < -0.4 is 10.1 Å². The zero-order valence-electron chi connectivity index (χ0n) is 26.6. The van der Waals surface area contributed by atoms with Crippen LogP contribution in [0.5, 0.6) is 11.5 Å². The minimum absolute atomic E-state index is 0.0882. The summed E-state index contributed by atoms with van der Waals surface area (Å²) in [7, 11) is 0. The lowest BCUT2D eigenvalue weighted by molar-refractivity contribution is -0.128. The highest BCUT2D eigenvalue weighted by Gasteiger charge is 2.33. The van der Waals surface area contributed by atoms with E-state index < -0.39 is 0 Å². The molecule has 3 aliphatic rings. The van der Waals surface area contributed by atoms with Gasteiger partial charge in [-0.15, -0.1) is 0 Å². The standard InChI is InChI=1S/C36H45N5O4/c1-23(2)30-13-14-31(39-38-30)25-9-11-29(12-10-25)45-34-20-26(7-8-27(34)22-41-21-24(3)19-35(41)43)36(44)37-28-15-17-40(18-16-28)32-5-4-6-33(32)42/h7-14,20,23-24,28,32-33,42H,4-6,15-19,21-22H2,1-3H3,(H,37,44)/t24-,32?,33-/m0/s1. The first-order valence-corrected chi connectivity index (χ1v) is 16.5. The summed E-state index contributed by atoms with van der Waals surface area (Å²) in [6.07, 6.45) is 5.07. The second-order valence-electron chi connectivity index (χ2n) is 13.4. The van der Waals surface area contributed by atoms with Gasteiger partial charge >= 0.3 is 0 Å². The maximum atomic E-state index is 13.4. The van der Waals surface area contributed by atoms with Crippen molar-refractivity contribution in [3.8, 4) is 22.8 Å². The summed E-state index contributed by atoms with van der Waals surface area (Å²) < 4.78 is 6.40. The molecule has 1 saturated carbocycles. The number of benzene rings is 2. The minimum Gasteiger partial charge on any atom is -0.457 e. The van der Waals surface area contributed by atoms with E-state index in [-0.39, 0.29) is 30.0 Å². The normalized spacial score (nSPS) is 22.7. The van der Waals surface area contributed by atoms with Gasteiger partial charge in [-0.3, -0.25) is 14.5 Å². The van der Waals surface area contributed by atoms with Crippen LogP contribution in [0.2, 0.25) is 0 Å². The van der Waals surface area contributed by atoms with Gasteiger partial charge in [0.25, 0.3) is 5.91 Å². The Labute approximate surface area is 266 Å². The van der Waals surface area contributed by atoms with Crippen LogP contribution in [0.4, 0.5) is 0 Å². The van der Waals surface area contributed by atoms with Gasteiger partial charge in [0.05, 0.1) is 17.5 Å². The largest absolute Gasteiger partial charge is 0.457 e. The lowest BCUT2D eigenvalue weighted by atomic mass is 10.0. The predicted octanol–water partition coefficient (Wildman–Crippen LogP) is 5.54. The average molecular weight is 612 g/mol. The van der Waals surface area contributed by atoms with Crippen LogP contribution in [0.25, 0.3) is 11.3 Å². The molecule has 6 rings (SSSR count). The number of aliphatic hydroxyl groups excluding tert-OH is 1. The molecular weight excluding hydrogens is 566 g/mol. The van der Waals surface area contributed by atoms with Crippen LogP contribution in [0.3, 0.4) is 0 Å².